The van der Waals surface area contributed by atoms with Crippen molar-refractivity contribution in [2.24, 2.45) is 4.99 Å². The summed E-state index contributed by atoms with van der Waals surface area (Å²) in [6, 6.07) is 12.7. The van der Waals surface area contributed by atoms with E-state index in [4.69, 9.17) is 4.74 Å². The van der Waals surface area contributed by atoms with Crippen molar-refractivity contribution in [1.82, 2.24) is 0 Å². The largest absolute Gasteiger partial charge is 0.497 e. The van der Waals surface area contributed by atoms with Crippen molar-refractivity contribution in [3.05, 3.63) is 59.8 Å². The summed E-state index contributed by atoms with van der Waals surface area (Å²) < 4.78 is 34.2. The number of hydrogen-bond acceptors (Lipinski definition) is 6. The number of alkyl halides is 2. The quantitative estimate of drug-likeness (QED) is 0.608. The van der Waals surface area contributed by atoms with Crippen LogP contribution in [-0.4, -0.2) is 36.3 Å². The number of carbonyl (C=O) groups is 2. The third-order valence-corrected chi connectivity index (χ3v) is 5.06. The molecule has 1 amide bonds. The van der Waals surface area contributed by atoms with Crippen molar-refractivity contribution in [2.75, 3.05) is 17.8 Å². The molecule has 0 aliphatic carbocycles. The van der Waals surface area contributed by atoms with Crippen LogP contribution in [0.25, 0.3) is 6.08 Å². The molecule has 2 aromatic rings. The Labute approximate surface area is 176 Å². The van der Waals surface area contributed by atoms with E-state index < -0.39 is 6.61 Å². The van der Waals surface area contributed by atoms with E-state index in [1.165, 1.54) is 36.1 Å². The highest BCUT2D eigenvalue weighted by atomic mass is 32.2. The number of nitrogens with zero attached hydrogens (tertiary/aromatic N) is 2. The molecule has 0 radical (unpaired) electrons. The van der Waals surface area contributed by atoms with Crippen molar-refractivity contribution in [3.63, 3.8) is 0 Å². The van der Waals surface area contributed by atoms with Crippen LogP contribution in [0.4, 0.5) is 14.5 Å². The summed E-state index contributed by atoms with van der Waals surface area (Å²) in [6.07, 6.45) is 1.63. The number of ketones is 1. The van der Waals surface area contributed by atoms with E-state index in [1.54, 1.807) is 37.5 Å². The first kappa shape index (κ1) is 21.5. The van der Waals surface area contributed by atoms with Crippen molar-refractivity contribution in [2.45, 2.75) is 13.5 Å². The monoisotopic (exact) mass is 432 g/mol. The lowest BCUT2D eigenvalue weighted by molar-refractivity contribution is -0.115. The van der Waals surface area contributed by atoms with Gasteiger partial charge in [0.25, 0.3) is 5.91 Å². The summed E-state index contributed by atoms with van der Waals surface area (Å²) in [6.45, 7) is -1.49. The number of methoxy groups -OCH3 is 1. The summed E-state index contributed by atoms with van der Waals surface area (Å²) in [5.74, 6) is 0.348. The molecule has 156 valence electrons. The molecule has 3 rings (SSSR count). The van der Waals surface area contributed by atoms with Crippen LogP contribution >= 0.6 is 11.8 Å². The Morgan fingerprint density at radius 1 is 1.13 bits per heavy atom. The van der Waals surface area contributed by atoms with Crippen LogP contribution < -0.4 is 14.4 Å². The molecule has 2 aromatic carbocycles. The third kappa shape index (κ3) is 5.24. The van der Waals surface area contributed by atoms with Crippen LogP contribution in [-0.2, 0) is 9.59 Å². The van der Waals surface area contributed by atoms with Crippen LogP contribution in [0.3, 0.4) is 0 Å². The van der Waals surface area contributed by atoms with Gasteiger partial charge in [-0.3, -0.25) is 14.5 Å². The van der Waals surface area contributed by atoms with E-state index in [0.29, 0.717) is 16.6 Å². The second-order valence-electron chi connectivity index (χ2n) is 6.20. The molecule has 9 heteroatoms. The van der Waals surface area contributed by atoms with Gasteiger partial charge in [0.15, 0.2) is 5.17 Å². The van der Waals surface area contributed by atoms with Gasteiger partial charge < -0.3 is 9.47 Å². The van der Waals surface area contributed by atoms with Gasteiger partial charge in [-0.25, -0.2) is 4.99 Å². The third-order valence-electron chi connectivity index (χ3n) is 3.97. The molecular formula is C21H18F2N2O4S. The molecule has 0 unspecified atom stereocenters. The van der Waals surface area contributed by atoms with Gasteiger partial charge in [0, 0.05) is 0 Å². The molecule has 30 heavy (non-hydrogen) atoms. The summed E-state index contributed by atoms with van der Waals surface area (Å²) in [5.41, 5.74) is 1.37. The fourth-order valence-corrected chi connectivity index (χ4v) is 3.43. The van der Waals surface area contributed by atoms with E-state index in [0.717, 1.165) is 17.3 Å². The number of aliphatic imine (C=N–C) groups is 1. The molecule has 0 aromatic heterocycles. The number of amidine groups is 1. The number of ether oxygens (including phenoxy) is 2. The van der Waals surface area contributed by atoms with E-state index in [-0.39, 0.29) is 28.9 Å². The van der Waals surface area contributed by atoms with Crippen LogP contribution in [0, 0.1) is 0 Å². The van der Waals surface area contributed by atoms with Crippen LogP contribution in [0.15, 0.2) is 59.2 Å². The fraction of sp³-hybridized carbons (Fsp3) is 0.190. The number of benzene rings is 2. The first-order valence-electron chi connectivity index (χ1n) is 8.83. The lowest BCUT2D eigenvalue weighted by atomic mass is 10.2. The molecule has 1 heterocycles. The first-order valence-corrected chi connectivity index (χ1v) is 9.82. The molecule has 0 bridgehead atoms. The van der Waals surface area contributed by atoms with Crippen molar-refractivity contribution in [1.29, 1.82) is 0 Å². The highest BCUT2D eigenvalue weighted by Crippen LogP contribution is 2.31. The highest BCUT2D eigenvalue weighted by Gasteiger charge is 2.32. The average molecular weight is 432 g/mol. The van der Waals surface area contributed by atoms with E-state index in [1.807, 2.05) is 0 Å². The molecule has 0 atom stereocenters. The van der Waals surface area contributed by atoms with Gasteiger partial charge in [-0.2, -0.15) is 8.78 Å². The number of halogens is 2. The Bertz CT molecular complexity index is 989. The minimum atomic E-state index is -2.94. The Balaban J connectivity index is 1.90. The Kier molecular flexibility index (Phi) is 6.83. The van der Waals surface area contributed by atoms with E-state index in [9.17, 15) is 18.4 Å². The van der Waals surface area contributed by atoms with Crippen molar-refractivity contribution in [3.8, 4) is 11.5 Å². The predicted molar refractivity (Wildman–Crippen MR) is 112 cm³/mol. The normalized spacial score (nSPS) is 15.0. The van der Waals surface area contributed by atoms with Crippen LogP contribution in [0.2, 0.25) is 0 Å². The fourth-order valence-electron chi connectivity index (χ4n) is 2.62. The smallest absolute Gasteiger partial charge is 0.387 e. The minimum Gasteiger partial charge on any atom is -0.497 e. The Morgan fingerprint density at radius 2 is 1.77 bits per heavy atom. The molecule has 1 aliphatic heterocycles. The maximum Gasteiger partial charge on any atom is 0.387 e. The summed E-state index contributed by atoms with van der Waals surface area (Å²) in [4.78, 5) is 30.2. The SMILES string of the molecule is COc1ccc(C=C2N=C(SCC(C)=O)N(c3ccc(OC(F)F)cc3)C2=O)cc1. The number of Topliss-reactive ketones (excluding diaryl/α,β-unsaturated/α-hetero) is 1. The number of hydrogen-bond donors (Lipinski definition) is 0. The Hall–Kier alpha value is -3.20. The molecule has 0 spiro atoms. The van der Waals surface area contributed by atoms with Gasteiger partial charge in [0.2, 0.25) is 0 Å². The van der Waals surface area contributed by atoms with Gasteiger partial charge in [0.05, 0.1) is 18.6 Å². The summed E-state index contributed by atoms with van der Waals surface area (Å²) >= 11 is 1.13. The molecule has 0 saturated carbocycles. The zero-order chi connectivity index (χ0) is 21.7. The Morgan fingerprint density at radius 3 is 2.33 bits per heavy atom. The van der Waals surface area contributed by atoms with Gasteiger partial charge in [-0.15, -0.1) is 0 Å². The zero-order valence-corrected chi connectivity index (χ0v) is 17.0. The molecule has 6 nitrogen and oxygen atoms in total. The van der Waals surface area contributed by atoms with Crippen LogP contribution in [0.1, 0.15) is 12.5 Å². The predicted octanol–water partition coefficient (Wildman–Crippen LogP) is 4.36. The molecule has 0 saturated heterocycles. The standard InChI is InChI=1S/C21H18F2N2O4S/c1-13(26)12-30-21-24-18(11-14-3-7-16(28-2)8-4-14)19(27)25(21)15-5-9-17(10-6-15)29-20(22)23/h3-11,20H,12H2,1-2H3. The van der Waals surface area contributed by atoms with Crippen LogP contribution in [0.5, 0.6) is 11.5 Å². The van der Waals surface area contributed by atoms with Crippen molar-refractivity contribution < 1.29 is 27.8 Å². The lowest BCUT2D eigenvalue weighted by Crippen LogP contribution is -2.30. The number of thioether (sulfide) groups is 1. The average Bonchev–Trinajstić information content (AvgIpc) is 3.02. The topological polar surface area (TPSA) is 68.2 Å². The number of rotatable bonds is 7. The number of amides is 1. The van der Waals surface area contributed by atoms with Crippen molar-refractivity contribution >= 4 is 40.4 Å². The second kappa shape index (κ2) is 9.53. The summed E-state index contributed by atoms with van der Waals surface area (Å²) in [7, 11) is 1.56. The molecule has 1 aliphatic rings. The summed E-state index contributed by atoms with van der Waals surface area (Å²) in [5, 5.41) is 0.331. The first-order chi connectivity index (χ1) is 14.4. The van der Waals surface area contributed by atoms with E-state index in [2.05, 4.69) is 9.73 Å². The van der Waals surface area contributed by atoms with Gasteiger partial charge >= 0.3 is 6.61 Å². The maximum absolute atomic E-state index is 13.0. The molecule has 0 fully saturated rings. The van der Waals surface area contributed by atoms with Gasteiger partial charge in [-0.1, -0.05) is 23.9 Å². The number of anilines is 1. The molecule has 0 N–H and O–H groups in total. The minimum absolute atomic E-state index is 0.0238. The maximum atomic E-state index is 13.0. The highest BCUT2D eigenvalue weighted by molar-refractivity contribution is 8.14. The molecular weight excluding hydrogens is 414 g/mol. The lowest BCUT2D eigenvalue weighted by Gasteiger charge is -2.18. The zero-order valence-electron chi connectivity index (χ0n) is 16.2. The van der Waals surface area contributed by atoms with Gasteiger partial charge in [0.1, 0.15) is 23.0 Å². The second-order valence-corrected chi connectivity index (χ2v) is 7.14. The van der Waals surface area contributed by atoms with Gasteiger partial charge in [-0.05, 0) is 55.0 Å². The van der Waals surface area contributed by atoms with E-state index >= 15 is 0 Å². The number of carbonyl (C=O) groups excluding carboxylic acids is 2.